The summed E-state index contributed by atoms with van der Waals surface area (Å²) >= 11 is 4.04. The average molecular weight is 250 g/mol. The molecule has 0 aromatic heterocycles. The molecule has 2 heteroatoms. The van der Waals surface area contributed by atoms with Gasteiger partial charge in [-0.25, -0.2) is 0 Å². The predicted molar refractivity (Wildman–Crippen MR) is 44.8 cm³/mol. The second-order valence-corrected chi connectivity index (χ2v) is 5.18. The van der Waals surface area contributed by atoms with Crippen LogP contribution in [0.1, 0.15) is 5.56 Å². The van der Waals surface area contributed by atoms with Gasteiger partial charge in [0.15, 0.2) is 0 Å². The molecular weight excluding hydrogens is 243 g/mol. The molecule has 0 aliphatic heterocycles. The van der Waals surface area contributed by atoms with Crippen LogP contribution in [-0.2, 0) is 5.32 Å². The van der Waals surface area contributed by atoms with Gasteiger partial charge >= 0.3 is 68.5 Å². The monoisotopic (exact) mass is 250 g/mol. The fourth-order valence-corrected chi connectivity index (χ4v) is 2.68. The Kier molecular flexibility index (Phi) is 3.34. The number of halogens is 1. The molecule has 48 valence electrons. The number of hydrogen-bond donors (Lipinski definition) is 0. The normalized spacial score (nSPS) is 9.44. The summed E-state index contributed by atoms with van der Waals surface area (Å²) in [5.74, 6) is 0. The van der Waals surface area contributed by atoms with Crippen molar-refractivity contribution in [2.24, 2.45) is 0 Å². The zero-order valence-electron chi connectivity index (χ0n) is 4.88. The van der Waals surface area contributed by atoms with Gasteiger partial charge in [0, 0.05) is 0 Å². The van der Waals surface area contributed by atoms with Crippen LogP contribution in [0.25, 0.3) is 0 Å². The summed E-state index contributed by atoms with van der Waals surface area (Å²) in [5, 5.41) is 1.19. The van der Waals surface area contributed by atoms with Gasteiger partial charge in [0.05, 0.1) is 0 Å². The van der Waals surface area contributed by atoms with Crippen LogP contribution >= 0.6 is 14.1 Å². The number of hydrogen-bond acceptors (Lipinski definition) is 0. The Balaban J connectivity index is 2.61. The van der Waals surface area contributed by atoms with Crippen LogP contribution in [0.4, 0.5) is 0 Å². The molecule has 0 unspecified atom stereocenters. The summed E-state index contributed by atoms with van der Waals surface area (Å²) in [5.41, 5.74) is 1.43. The van der Waals surface area contributed by atoms with Crippen LogP contribution in [0.15, 0.2) is 30.3 Å². The van der Waals surface area contributed by atoms with Crippen LogP contribution in [-0.4, -0.2) is 13.1 Å². The van der Waals surface area contributed by atoms with Crippen LogP contribution < -0.4 is 0 Å². The molecule has 0 nitrogen and oxygen atoms in total. The van der Waals surface area contributed by atoms with E-state index < -0.39 is 0 Å². The van der Waals surface area contributed by atoms with Gasteiger partial charge in [-0.2, -0.15) is 0 Å². The Morgan fingerprint density at radius 3 is 2.44 bits per heavy atom. The second kappa shape index (κ2) is 4.10. The van der Waals surface area contributed by atoms with E-state index in [1.807, 2.05) is 6.07 Å². The van der Waals surface area contributed by atoms with Gasteiger partial charge in [-0.1, -0.05) is 0 Å². The SMILES string of the molecule is Br[Se]Cc1ccccc1. The van der Waals surface area contributed by atoms with Gasteiger partial charge < -0.3 is 0 Å². The van der Waals surface area contributed by atoms with E-state index in [-0.39, 0.29) is 0 Å². The van der Waals surface area contributed by atoms with Gasteiger partial charge in [0.2, 0.25) is 0 Å². The molecule has 0 saturated carbocycles. The van der Waals surface area contributed by atoms with E-state index in [1.165, 1.54) is 10.9 Å². The topological polar surface area (TPSA) is 0 Å². The fraction of sp³-hybridized carbons (Fsp3) is 0.143. The van der Waals surface area contributed by atoms with Crippen molar-refractivity contribution in [3.63, 3.8) is 0 Å². The fourth-order valence-electron chi connectivity index (χ4n) is 0.637. The first-order valence-electron chi connectivity index (χ1n) is 2.71. The van der Waals surface area contributed by atoms with Crippen molar-refractivity contribution >= 4 is 27.3 Å². The zero-order valence-corrected chi connectivity index (χ0v) is 8.18. The van der Waals surface area contributed by atoms with E-state index in [4.69, 9.17) is 0 Å². The molecule has 0 N–H and O–H groups in total. The molecule has 0 amide bonds. The molecule has 1 rings (SSSR count). The molecule has 0 radical (unpaired) electrons. The number of benzene rings is 1. The Bertz CT molecular complexity index is 162. The first-order chi connectivity index (χ1) is 4.43. The van der Waals surface area contributed by atoms with Crippen molar-refractivity contribution in [1.82, 2.24) is 0 Å². The molecule has 0 spiro atoms. The Morgan fingerprint density at radius 1 is 1.22 bits per heavy atom. The molecule has 0 fully saturated rings. The molecule has 0 heterocycles. The molecule has 0 aliphatic rings. The maximum atomic E-state index is 3.45. The molecule has 1 aromatic rings. The van der Waals surface area contributed by atoms with Crippen LogP contribution in [0.2, 0.25) is 0 Å². The van der Waals surface area contributed by atoms with Gasteiger partial charge in [0.1, 0.15) is 0 Å². The quantitative estimate of drug-likeness (QED) is 0.706. The third-order valence-electron chi connectivity index (χ3n) is 1.06. The third-order valence-corrected chi connectivity index (χ3v) is 3.18. The van der Waals surface area contributed by atoms with Crippen LogP contribution in [0.3, 0.4) is 0 Å². The first kappa shape index (κ1) is 7.33. The molecule has 0 atom stereocenters. The summed E-state index contributed by atoms with van der Waals surface area (Å²) in [6.07, 6.45) is 0. The van der Waals surface area contributed by atoms with E-state index >= 15 is 0 Å². The number of rotatable bonds is 2. The summed E-state index contributed by atoms with van der Waals surface area (Å²) in [6.45, 7) is 0. The van der Waals surface area contributed by atoms with Crippen molar-refractivity contribution in [3.8, 4) is 0 Å². The summed E-state index contributed by atoms with van der Waals surface area (Å²) in [7, 11) is 0. The second-order valence-electron chi connectivity index (χ2n) is 1.74. The van der Waals surface area contributed by atoms with E-state index in [9.17, 15) is 0 Å². The Hall–Kier alpha value is 0.219. The van der Waals surface area contributed by atoms with E-state index in [0.29, 0.717) is 13.1 Å². The van der Waals surface area contributed by atoms with Crippen molar-refractivity contribution in [3.05, 3.63) is 35.9 Å². The molecule has 0 aliphatic carbocycles. The van der Waals surface area contributed by atoms with E-state index in [0.717, 1.165) is 0 Å². The van der Waals surface area contributed by atoms with Crippen LogP contribution in [0.5, 0.6) is 0 Å². The Morgan fingerprint density at radius 2 is 1.89 bits per heavy atom. The van der Waals surface area contributed by atoms with Gasteiger partial charge in [-0.3, -0.25) is 0 Å². The summed E-state index contributed by atoms with van der Waals surface area (Å²) in [4.78, 5) is 0. The molecular formula is C7H7BrSe. The maximum absolute atomic E-state index is 3.45. The third kappa shape index (κ3) is 2.53. The van der Waals surface area contributed by atoms with Crippen molar-refractivity contribution in [2.45, 2.75) is 5.32 Å². The van der Waals surface area contributed by atoms with E-state index in [1.54, 1.807) is 0 Å². The molecule has 1 aromatic carbocycles. The molecule has 9 heavy (non-hydrogen) atoms. The molecule has 0 bridgehead atoms. The van der Waals surface area contributed by atoms with Crippen molar-refractivity contribution in [1.29, 1.82) is 0 Å². The van der Waals surface area contributed by atoms with Gasteiger partial charge in [-0.05, 0) is 0 Å². The van der Waals surface area contributed by atoms with Crippen LogP contribution in [0, 0.1) is 0 Å². The van der Waals surface area contributed by atoms with Crippen molar-refractivity contribution < 1.29 is 0 Å². The first-order valence-corrected chi connectivity index (χ1v) is 7.93. The minimum atomic E-state index is 0.592. The van der Waals surface area contributed by atoms with Gasteiger partial charge in [0.25, 0.3) is 0 Å². The average Bonchev–Trinajstić information content (AvgIpc) is 1.91. The summed E-state index contributed by atoms with van der Waals surface area (Å²) in [6, 6.07) is 10.5. The predicted octanol–water partition coefficient (Wildman–Crippen LogP) is 2.20. The van der Waals surface area contributed by atoms with E-state index in [2.05, 4.69) is 38.4 Å². The summed E-state index contributed by atoms with van der Waals surface area (Å²) < 4.78 is 0. The molecule has 0 saturated heterocycles. The zero-order chi connectivity index (χ0) is 6.53. The minimum absolute atomic E-state index is 0.592. The van der Waals surface area contributed by atoms with Crippen molar-refractivity contribution in [2.75, 3.05) is 0 Å². The standard InChI is InChI=1S/C7H7BrSe/c8-9-6-7-4-2-1-3-5-7/h1-5H,6H2. The van der Waals surface area contributed by atoms with Gasteiger partial charge in [-0.15, -0.1) is 0 Å². The Labute approximate surface area is 68.5 Å².